The van der Waals surface area contributed by atoms with E-state index in [0.29, 0.717) is 85.9 Å². The summed E-state index contributed by atoms with van der Waals surface area (Å²) in [6.07, 6.45) is 24.3. The highest BCUT2D eigenvalue weighted by atomic mass is 33.1. The molecule has 0 aromatic rings. The van der Waals surface area contributed by atoms with Crippen molar-refractivity contribution in [1.82, 2.24) is 5.06 Å². The van der Waals surface area contributed by atoms with Gasteiger partial charge in [-0.25, -0.2) is 0 Å². The van der Waals surface area contributed by atoms with Crippen LogP contribution < -0.4 is 0 Å². The third-order valence-corrected chi connectivity index (χ3v) is 11.4. The molecule has 0 atom stereocenters. The molecule has 2 amide bonds. The molecule has 55 heavy (non-hydrogen) atoms. The van der Waals surface area contributed by atoms with Gasteiger partial charge in [0, 0.05) is 44.7 Å². The van der Waals surface area contributed by atoms with Gasteiger partial charge in [0.2, 0.25) is 0 Å². The summed E-state index contributed by atoms with van der Waals surface area (Å²) >= 11 is 0. The SMILES string of the molecule is COCCOCCOCCOCCCCCCCCCCCSSCCCCCCCCCCCOCCOCCOCCOCCON1C(=O)CCC1=O. The Labute approximate surface area is 342 Å². The van der Waals surface area contributed by atoms with Gasteiger partial charge in [0.05, 0.1) is 92.5 Å². The minimum absolute atomic E-state index is 0.161. The highest BCUT2D eigenvalue weighted by Crippen LogP contribution is 2.25. The van der Waals surface area contributed by atoms with Crippen molar-refractivity contribution in [3.63, 3.8) is 0 Å². The standard InChI is InChI=1S/C41H79NO11S2/c1-45-24-25-48-30-31-49-28-26-46-22-16-12-8-4-2-6-10-14-18-38-54-55-39-19-15-11-7-3-5-9-13-17-23-47-27-29-50-32-33-51-34-35-52-36-37-53-42-40(43)20-21-41(42)44/h2-39H2,1H3. The maximum Gasteiger partial charge on any atom is 0.253 e. The summed E-state index contributed by atoms with van der Waals surface area (Å²) in [6.45, 7) is 8.99. The van der Waals surface area contributed by atoms with Gasteiger partial charge < -0.3 is 37.9 Å². The number of imide groups is 1. The molecule has 0 spiro atoms. The number of hydroxylamine groups is 2. The van der Waals surface area contributed by atoms with E-state index in [-0.39, 0.29) is 31.3 Å². The Hall–Kier alpha value is -0.520. The molecule has 0 saturated carbocycles. The Kier molecular flexibility index (Phi) is 42.6. The van der Waals surface area contributed by atoms with E-state index < -0.39 is 0 Å². The van der Waals surface area contributed by atoms with Crippen molar-refractivity contribution in [2.75, 3.05) is 124 Å². The largest absolute Gasteiger partial charge is 0.382 e. The lowest BCUT2D eigenvalue weighted by atomic mass is 10.1. The predicted molar refractivity (Wildman–Crippen MR) is 223 cm³/mol. The van der Waals surface area contributed by atoms with Crippen molar-refractivity contribution in [3.8, 4) is 0 Å². The zero-order valence-corrected chi connectivity index (χ0v) is 36.3. The van der Waals surface area contributed by atoms with Crippen LogP contribution in [0.25, 0.3) is 0 Å². The van der Waals surface area contributed by atoms with Crippen molar-refractivity contribution < 1.29 is 52.3 Å². The quantitative estimate of drug-likeness (QED) is 0.0333. The minimum atomic E-state index is -0.291. The molecule has 0 unspecified atom stereocenters. The molecule has 326 valence electrons. The lowest BCUT2D eigenvalue weighted by Gasteiger charge is -2.13. The molecule has 0 N–H and O–H groups in total. The number of rotatable bonds is 47. The fraction of sp³-hybridized carbons (Fsp3) is 0.951. The molecule has 0 aliphatic carbocycles. The number of unbranched alkanes of at least 4 members (excludes halogenated alkanes) is 16. The van der Waals surface area contributed by atoms with E-state index in [1.807, 2.05) is 0 Å². The topological polar surface area (TPSA) is 120 Å². The lowest BCUT2D eigenvalue weighted by molar-refractivity contribution is -0.191. The van der Waals surface area contributed by atoms with Gasteiger partial charge in [-0.05, 0) is 25.7 Å². The number of methoxy groups -OCH3 is 1. The van der Waals surface area contributed by atoms with Crippen LogP contribution in [0.5, 0.6) is 0 Å². The first-order chi connectivity index (χ1) is 27.3. The Morgan fingerprint density at radius 1 is 0.364 bits per heavy atom. The van der Waals surface area contributed by atoms with Gasteiger partial charge in [0.15, 0.2) is 0 Å². The Morgan fingerprint density at radius 3 is 0.982 bits per heavy atom. The van der Waals surface area contributed by atoms with E-state index in [1.165, 1.54) is 114 Å². The first-order valence-electron chi connectivity index (χ1n) is 21.5. The van der Waals surface area contributed by atoms with E-state index >= 15 is 0 Å². The molecule has 0 radical (unpaired) electrons. The molecule has 1 fully saturated rings. The van der Waals surface area contributed by atoms with E-state index in [2.05, 4.69) is 21.6 Å². The summed E-state index contributed by atoms with van der Waals surface area (Å²) in [4.78, 5) is 28.0. The summed E-state index contributed by atoms with van der Waals surface area (Å²) in [5, 5.41) is 0.836. The number of ether oxygens (including phenoxy) is 8. The van der Waals surface area contributed by atoms with Gasteiger partial charge in [0.1, 0.15) is 0 Å². The van der Waals surface area contributed by atoms with Crippen molar-refractivity contribution in [2.45, 2.75) is 128 Å². The number of hydrogen-bond acceptors (Lipinski definition) is 13. The number of nitrogens with zero attached hydrogens (tertiary/aromatic N) is 1. The van der Waals surface area contributed by atoms with Crippen molar-refractivity contribution >= 4 is 33.4 Å². The summed E-state index contributed by atoms with van der Waals surface area (Å²) in [5.74, 6) is 2.03. The van der Waals surface area contributed by atoms with Crippen LogP contribution in [0, 0.1) is 0 Å². The van der Waals surface area contributed by atoms with Crippen LogP contribution in [0.1, 0.15) is 128 Å². The van der Waals surface area contributed by atoms with Crippen LogP contribution in [-0.4, -0.2) is 141 Å². The molecular weight excluding hydrogens is 747 g/mol. The molecular formula is C41H79NO11S2. The Bertz CT molecular complexity index is 802. The predicted octanol–water partition coefficient (Wildman–Crippen LogP) is 8.23. The monoisotopic (exact) mass is 826 g/mol. The number of carbonyl (C=O) groups is 2. The van der Waals surface area contributed by atoms with Crippen LogP contribution in [0.3, 0.4) is 0 Å². The second kappa shape index (κ2) is 44.6. The van der Waals surface area contributed by atoms with Gasteiger partial charge in [-0.1, -0.05) is 111 Å². The number of hydrogen-bond donors (Lipinski definition) is 0. The summed E-state index contributed by atoms with van der Waals surface area (Å²) in [7, 11) is 5.84. The van der Waals surface area contributed by atoms with Gasteiger partial charge in [-0.2, -0.15) is 5.06 Å². The third-order valence-electron chi connectivity index (χ3n) is 8.86. The van der Waals surface area contributed by atoms with Gasteiger partial charge >= 0.3 is 0 Å². The molecule has 0 bridgehead atoms. The molecule has 12 nitrogen and oxygen atoms in total. The number of carbonyl (C=O) groups excluding carboxylic acids is 2. The number of amides is 2. The average Bonchev–Trinajstić information content (AvgIpc) is 3.51. The molecule has 1 rings (SSSR count). The second-order valence-corrected chi connectivity index (χ2v) is 16.4. The Balaban J connectivity index is 1.60. The molecule has 0 aromatic carbocycles. The highest BCUT2D eigenvalue weighted by Gasteiger charge is 2.29. The maximum absolute atomic E-state index is 11.4. The van der Waals surface area contributed by atoms with E-state index in [9.17, 15) is 9.59 Å². The van der Waals surface area contributed by atoms with Gasteiger partial charge in [-0.15, -0.1) is 0 Å². The fourth-order valence-corrected chi connectivity index (χ4v) is 7.95. The molecule has 0 aromatic heterocycles. The second-order valence-electron chi connectivity index (χ2n) is 13.7. The van der Waals surface area contributed by atoms with Crippen LogP contribution in [0.4, 0.5) is 0 Å². The van der Waals surface area contributed by atoms with Gasteiger partial charge in [-0.3, -0.25) is 14.4 Å². The van der Waals surface area contributed by atoms with E-state index in [1.54, 1.807) is 7.11 Å². The minimum Gasteiger partial charge on any atom is -0.382 e. The zero-order chi connectivity index (χ0) is 39.4. The first-order valence-corrected chi connectivity index (χ1v) is 24.0. The third kappa shape index (κ3) is 38.7. The van der Waals surface area contributed by atoms with Crippen molar-refractivity contribution in [2.24, 2.45) is 0 Å². The lowest BCUT2D eigenvalue weighted by Crippen LogP contribution is -2.30. The zero-order valence-electron chi connectivity index (χ0n) is 34.6. The van der Waals surface area contributed by atoms with Crippen LogP contribution in [-0.2, 0) is 52.3 Å². The van der Waals surface area contributed by atoms with E-state index in [0.717, 1.165) is 31.1 Å². The fourth-order valence-electron chi connectivity index (χ4n) is 5.66. The molecule has 14 heteroatoms. The normalized spacial score (nSPS) is 13.2. The highest BCUT2D eigenvalue weighted by molar-refractivity contribution is 8.76. The smallest absolute Gasteiger partial charge is 0.253 e. The van der Waals surface area contributed by atoms with Crippen LogP contribution in [0.15, 0.2) is 0 Å². The van der Waals surface area contributed by atoms with Crippen molar-refractivity contribution in [3.05, 3.63) is 0 Å². The summed E-state index contributed by atoms with van der Waals surface area (Å²) < 4.78 is 43.5. The Morgan fingerprint density at radius 2 is 0.636 bits per heavy atom. The molecule has 1 aliphatic rings. The summed E-state index contributed by atoms with van der Waals surface area (Å²) in [6, 6.07) is 0. The molecule has 1 aliphatic heterocycles. The van der Waals surface area contributed by atoms with Crippen molar-refractivity contribution in [1.29, 1.82) is 0 Å². The molecule has 1 heterocycles. The summed E-state index contributed by atoms with van der Waals surface area (Å²) in [5.41, 5.74) is 0. The molecule has 1 saturated heterocycles. The van der Waals surface area contributed by atoms with Gasteiger partial charge in [0.25, 0.3) is 11.8 Å². The average molecular weight is 826 g/mol. The maximum atomic E-state index is 11.4. The van der Waals surface area contributed by atoms with Crippen LogP contribution in [0.2, 0.25) is 0 Å². The van der Waals surface area contributed by atoms with Crippen LogP contribution >= 0.6 is 21.6 Å². The first kappa shape index (κ1) is 52.5. The van der Waals surface area contributed by atoms with E-state index in [4.69, 9.17) is 42.7 Å².